The zero-order chi connectivity index (χ0) is 11.8. The molecule has 1 aromatic heterocycles. The van der Waals surface area contributed by atoms with Crippen molar-refractivity contribution in [2.75, 3.05) is 29.6 Å². The Labute approximate surface area is 101 Å². The Morgan fingerprint density at radius 1 is 1.38 bits per heavy atom. The van der Waals surface area contributed by atoms with Gasteiger partial charge in [-0.1, -0.05) is 6.42 Å². The molecule has 90 valence electrons. The highest BCUT2D eigenvalue weighted by Crippen LogP contribution is 2.11. The third-order valence-electron chi connectivity index (χ3n) is 2.31. The van der Waals surface area contributed by atoms with Crippen LogP contribution >= 0.6 is 11.8 Å². The molecule has 4 nitrogen and oxygen atoms in total. The van der Waals surface area contributed by atoms with E-state index >= 15 is 0 Å². The van der Waals surface area contributed by atoms with Crippen molar-refractivity contribution in [3.63, 3.8) is 0 Å². The van der Waals surface area contributed by atoms with Crippen molar-refractivity contribution in [1.29, 1.82) is 0 Å². The van der Waals surface area contributed by atoms with Crippen molar-refractivity contribution in [2.24, 2.45) is 0 Å². The van der Waals surface area contributed by atoms with Crippen LogP contribution in [0.2, 0.25) is 0 Å². The van der Waals surface area contributed by atoms with E-state index in [1.165, 1.54) is 25.0 Å². The molecule has 0 aromatic carbocycles. The summed E-state index contributed by atoms with van der Waals surface area (Å²) >= 11 is 1.90. The third kappa shape index (κ3) is 4.70. The van der Waals surface area contributed by atoms with Crippen LogP contribution in [0.25, 0.3) is 0 Å². The molecule has 0 fully saturated rings. The van der Waals surface area contributed by atoms with Crippen LogP contribution in [0.3, 0.4) is 0 Å². The molecular weight excluding hydrogens is 220 g/mol. The standard InChI is InChI=1S/C11H20N4S/c1-9-8-14-11(12)15-10(9)13-6-4-3-5-7-16-2/h8H,3-7H2,1-2H3,(H3,12,13,14,15). The van der Waals surface area contributed by atoms with Gasteiger partial charge in [-0.05, 0) is 31.8 Å². The number of aromatic nitrogens is 2. The second kappa shape index (κ2) is 7.33. The lowest BCUT2D eigenvalue weighted by Gasteiger charge is -2.08. The predicted molar refractivity (Wildman–Crippen MR) is 71.9 cm³/mol. The van der Waals surface area contributed by atoms with E-state index in [1.54, 1.807) is 6.20 Å². The smallest absolute Gasteiger partial charge is 0.221 e. The highest BCUT2D eigenvalue weighted by Gasteiger charge is 2.00. The van der Waals surface area contributed by atoms with Crippen LogP contribution in [-0.2, 0) is 0 Å². The molecule has 0 atom stereocenters. The monoisotopic (exact) mass is 240 g/mol. The molecule has 0 aliphatic carbocycles. The third-order valence-corrected chi connectivity index (χ3v) is 3.00. The number of thioether (sulfide) groups is 1. The molecule has 0 saturated heterocycles. The second-order valence-electron chi connectivity index (χ2n) is 3.74. The van der Waals surface area contributed by atoms with E-state index in [0.717, 1.165) is 17.9 Å². The zero-order valence-corrected chi connectivity index (χ0v) is 10.8. The Kier molecular flexibility index (Phi) is 6.00. The van der Waals surface area contributed by atoms with E-state index in [0.29, 0.717) is 5.95 Å². The van der Waals surface area contributed by atoms with Crippen molar-refractivity contribution in [3.05, 3.63) is 11.8 Å². The van der Waals surface area contributed by atoms with Gasteiger partial charge in [-0.2, -0.15) is 16.7 Å². The minimum atomic E-state index is 0.329. The van der Waals surface area contributed by atoms with Crippen molar-refractivity contribution in [3.8, 4) is 0 Å². The summed E-state index contributed by atoms with van der Waals surface area (Å²) in [5.74, 6) is 2.44. The molecule has 0 bridgehead atoms. The number of unbranched alkanes of at least 4 members (excludes halogenated alkanes) is 2. The van der Waals surface area contributed by atoms with E-state index in [2.05, 4.69) is 21.5 Å². The lowest BCUT2D eigenvalue weighted by Crippen LogP contribution is -2.07. The Bertz CT molecular complexity index is 317. The molecular formula is C11H20N4S. The minimum absolute atomic E-state index is 0.329. The topological polar surface area (TPSA) is 63.8 Å². The van der Waals surface area contributed by atoms with Crippen LogP contribution < -0.4 is 11.1 Å². The van der Waals surface area contributed by atoms with Crippen LogP contribution in [0.15, 0.2) is 6.20 Å². The summed E-state index contributed by atoms with van der Waals surface area (Å²) in [5.41, 5.74) is 6.57. The largest absolute Gasteiger partial charge is 0.370 e. The molecule has 1 aromatic rings. The van der Waals surface area contributed by atoms with Gasteiger partial charge in [0, 0.05) is 18.3 Å². The van der Waals surface area contributed by atoms with Gasteiger partial charge in [-0.3, -0.25) is 0 Å². The lowest BCUT2D eigenvalue weighted by atomic mass is 10.2. The maximum absolute atomic E-state index is 5.53. The molecule has 0 spiro atoms. The van der Waals surface area contributed by atoms with E-state index in [4.69, 9.17) is 5.73 Å². The van der Waals surface area contributed by atoms with Gasteiger partial charge in [-0.15, -0.1) is 0 Å². The molecule has 1 rings (SSSR count). The zero-order valence-electron chi connectivity index (χ0n) is 9.99. The SMILES string of the molecule is CSCCCCCNc1nc(N)ncc1C. The molecule has 0 amide bonds. The van der Waals surface area contributed by atoms with E-state index in [-0.39, 0.29) is 0 Å². The maximum atomic E-state index is 5.53. The number of aryl methyl sites for hydroxylation is 1. The normalized spacial score (nSPS) is 10.4. The molecule has 0 aliphatic rings. The fourth-order valence-corrected chi connectivity index (χ4v) is 1.88. The van der Waals surface area contributed by atoms with Gasteiger partial charge in [0.25, 0.3) is 0 Å². The van der Waals surface area contributed by atoms with Gasteiger partial charge < -0.3 is 11.1 Å². The number of nitrogens with one attached hydrogen (secondary N) is 1. The van der Waals surface area contributed by atoms with Gasteiger partial charge in [0.1, 0.15) is 5.82 Å². The number of nitrogens with two attached hydrogens (primary N) is 1. The summed E-state index contributed by atoms with van der Waals surface area (Å²) in [6.07, 6.45) is 7.61. The molecule has 5 heteroatoms. The number of rotatable bonds is 7. The predicted octanol–water partition coefficient (Wildman–Crippen LogP) is 2.31. The first-order valence-corrected chi connectivity index (χ1v) is 6.95. The number of hydrogen-bond donors (Lipinski definition) is 2. The summed E-state index contributed by atoms with van der Waals surface area (Å²) < 4.78 is 0. The fourth-order valence-electron chi connectivity index (χ4n) is 1.39. The molecule has 0 unspecified atom stereocenters. The van der Waals surface area contributed by atoms with Gasteiger partial charge >= 0.3 is 0 Å². The molecule has 1 heterocycles. The van der Waals surface area contributed by atoms with Crippen molar-refractivity contribution in [1.82, 2.24) is 9.97 Å². The summed E-state index contributed by atoms with van der Waals surface area (Å²) in [4.78, 5) is 8.09. The first kappa shape index (κ1) is 13.1. The molecule has 0 saturated carbocycles. The molecule has 3 N–H and O–H groups in total. The first-order chi connectivity index (χ1) is 7.74. The van der Waals surface area contributed by atoms with Crippen LogP contribution in [0.1, 0.15) is 24.8 Å². The first-order valence-electron chi connectivity index (χ1n) is 5.56. The van der Waals surface area contributed by atoms with Crippen LogP contribution in [0, 0.1) is 6.92 Å². The van der Waals surface area contributed by atoms with E-state index in [9.17, 15) is 0 Å². The van der Waals surface area contributed by atoms with Gasteiger partial charge in [0.15, 0.2) is 0 Å². The summed E-state index contributed by atoms with van der Waals surface area (Å²) in [6.45, 7) is 2.93. The van der Waals surface area contributed by atoms with Crippen molar-refractivity contribution >= 4 is 23.5 Å². The average Bonchev–Trinajstić information content (AvgIpc) is 2.28. The van der Waals surface area contributed by atoms with E-state index in [1.807, 2.05) is 18.7 Å². The summed E-state index contributed by atoms with van der Waals surface area (Å²) in [5, 5.41) is 3.29. The highest BCUT2D eigenvalue weighted by atomic mass is 32.2. The minimum Gasteiger partial charge on any atom is -0.370 e. The van der Waals surface area contributed by atoms with Gasteiger partial charge in [0.2, 0.25) is 5.95 Å². The lowest BCUT2D eigenvalue weighted by molar-refractivity contribution is 0.747. The Balaban J connectivity index is 2.23. The number of hydrogen-bond acceptors (Lipinski definition) is 5. The van der Waals surface area contributed by atoms with Gasteiger partial charge in [0.05, 0.1) is 0 Å². The number of nitrogens with zero attached hydrogens (tertiary/aromatic N) is 2. The highest BCUT2D eigenvalue weighted by molar-refractivity contribution is 7.98. The Morgan fingerprint density at radius 2 is 2.19 bits per heavy atom. The van der Waals surface area contributed by atoms with E-state index < -0.39 is 0 Å². The van der Waals surface area contributed by atoms with Crippen LogP contribution in [0.4, 0.5) is 11.8 Å². The van der Waals surface area contributed by atoms with Crippen LogP contribution in [-0.4, -0.2) is 28.5 Å². The maximum Gasteiger partial charge on any atom is 0.221 e. The van der Waals surface area contributed by atoms with Crippen molar-refractivity contribution < 1.29 is 0 Å². The fraction of sp³-hybridized carbons (Fsp3) is 0.636. The quantitative estimate of drug-likeness (QED) is 0.716. The Hall–Kier alpha value is -0.970. The second-order valence-corrected chi connectivity index (χ2v) is 4.73. The summed E-state index contributed by atoms with van der Waals surface area (Å²) in [7, 11) is 0. The summed E-state index contributed by atoms with van der Waals surface area (Å²) in [6, 6.07) is 0. The van der Waals surface area contributed by atoms with Crippen LogP contribution in [0.5, 0.6) is 0 Å². The molecule has 0 aliphatic heterocycles. The average molecular weight is 240 g/mol. The molecule has 16 heavy (non-hydrogen) atoms. The van der Waals surface area contributed by atoms with Crippen molar-refractivity contribution in [2.45, 2.75) is 26.2 Å². The van der Waals surface area contributed by atoms with Gasteiger partial charge in [-0.25, -0.2) is 4.98 Å². The Morgan fingerprint density at radius 3 is 2.94 bits per heavy atom. The number of anilines is 2. The molecule has 0 radical (unpaired) electrons. The number of nitrogen functional groups attached to an aromatic ring is 1.